The van der Waals surface area contributed by atoms with Gasteiger partial charge in [-0.15, -0.1) is 0 Å². The lowest BCUT2D eigenvalue weighted by molar-refractivity contribution is 0.262. The van der Waals surface area contributed by atoms with Gasteiger partial charge in [0, 0.05) is 29.2 Å². The fraction of sp³-hybridized carbons (Fsp3) is 0.0417. The summed E-state index contributed by atoms with van der Waals surface area (Å²) in [6.07, 6.45) is 1.76. The number of aromatic nitrogens is 3. The van der Waals surface area contributed by atoms with E-state index in [1.54, 1.807) is 25.4 Å². The minimum Gasteiger partial charge on any atom is -0.497 e. The molecule has 0 saturated carbocycles. The maximum absolute atomic E-state index is 12.3. The van der Waals surface area contributed by atoms with E-state index in [0.717, 1.165) is 22.2 Å². The van der Waals surface area contributed by atoms with Crippen LogP contribution in [0.3, 0.4) is 0 Å². The molecule has 0 unspecified atom stereocenters. The first-order chi connectivity index (χ1) is 15.7. The van der Waals surface area contributed by atoms with Crippen molar-refractivity contribution < 1.29 is 13.9 Å². The first-order valence-corrected chi connectivity index (χ1v) is 9.92. The molecule has 0 spiro atoms. The highest BCUT2D eigenvalue weighted by Crippen LogP contribution is 2.32. The van der Waals surface area contributed by atoms with E-state index in [1.165, 1.54) is 0 Å². The van der Waals surface area contributed by atoms with Crippen molar-refractivity contribution in [1.29, 1.82) is 0 Å². The number of carbonyl (C=O) groups is 1. The molecule has 2 heterocycles. The Labute approximate surface area is 183 Å². The average Bonchev–Trinajstić information content (AvgIpc) is 3.46. The Morgan fingerprint density at radius 2 is 1.78 bits per heavy atom. The molecule has 158 valence electrons. The van der Waals surface area contributed by atoms with Crippen LogP contribution in [-0.2, 0) is 0 Å². The molecule has 0 aliphatic heterocycles. The van der Waals surface area contributed by atoms with E-state index in [-0.39, 0.29) is 6.03 Å². The predicted octanol–water partition coefficient (Wildman–Crippen LogP) is 5.54. The number of aromatic amines is 1. The number of methoxy groups -OCH3 is 1. The number of nitrogens with zero attached hydrogens (tertiary/aromatic N) is 2. The molecule has 5 aromatic rings. The second-order valence-electron chi connectivity index (χ2n) is 7.02. The third kappa shape index (κ3) is 3.89. The second-order valence-corrected chi connectivity index (χ2v) is 7.02. The Kier molecular flexibility index (Phi) is 5.01. The normalized spacial score (nSPS) is 10.8. The standard InChI is InChI=1S/C24H19N5O3/c1-31-18-6-4-5-17(13-18)27-24(30)26-16-11-9-15(10-12-16)22-19(14-25-29-22)23-28-20-7-2-3-8-21(20)32-23/h2-14H,1H3,(H,25,29)(H2,26,27,30). The molecular formula is C24H19N5O3. The summed E-state index contributed by atoms with van der Waals surface area (Å²) >= 11 is 0. The fourth-order valence-electron chi connectivity index (χ4n) is 3.37. The highest BCUT2D eigenvalue weighted by Gasteiger charge is 2.16. The summed E-state index contributed by atoms with van der Waals surface area (Å²) in [4.78, 5) is 16.9. The maximum Gasteiger partial charge on any atom is 0.323 e. The number of nitrogens with one attached hydrogen (secondary N) is 3. The molecule has 3 aromatic carbocycles. The van der Waals surface area contributed by atoms with Crippen LogP contribution in [0.5, 0.6) is 5.75 Å². The van der Waals surface area contributed by atoms with E-state index in [1.807, 2.05) is 60.7 Å². The van der Waals surface area contributed by atoms with Crippen LogP contribution in [0.4, 0.5) is 16.2 Å². The Hall–Kier alpha value is -4.59. The van der Waals surface area contributed by atoms with Gasteiger partial charge in [0.1, 0.15) is 17.0 Å². The molecular weight excluding hydrogens is 406 g/mol. The van der Waals surface area contributed by atoms with Crippen LogP contribution < -0.4 is 15.4 Å². The molecule has 8 nitrogen and oxygen atoms in total. The summed E-state index contributed by atoms with van der Waals surface area (Å²) in [5.74, 6) is 1.16. The van der Waals surface area contributed by atoms with Gasteiger partial charge in [0.2, 0.25) is 5.89 Å². The first-order valence-electron chi connectivity index (χ1n) is 9.92. The van der Waals surface area contributed by atoms with Gasteiger partial charge in [-0.25, -0.2) is 9.78 Å². The number of carbonyl (C=O) groups excluding carboxylic acids is 1. The van der Waals surface area contributed by atoms with Crippen LogP contribution in [0.25, 0.3) is 33.8 Å². The minimum absolute atomic E-state index is 0.349. The van der Waals surface area contributed by atoms with Gasteiger partial charge in [0.05, 0.1) is 12.7 Å². The molecule has 0 radical (unpaired) electrons. The molecule has 3 N–H and O–H groups in total. The van der Waals surface area contributed by atoms with Gasteiger partial charge in [-0.3, -0.25) is 5.10 Å². The van der Waals surface area contributed by atoms with Crippen molar-refractivity contribution in [2.75, 3.05) is 17.7 Å². The van der Waals surface area contributed by atoms with Gasteiger partial charge < -0.3 is 19.8 Å². The number of oxazole rings is 1. The lowest BCUT2D eigenvalue weighted by Gasteiger charge is -2.09. The molecule has 0 aliphatic rings. The number of rotatable bonds is 5. The molecule has 5 rings (SSSR count). The third-order valence-corrected chi connectivity index (χ3v) is 4.91. The quantitative estimate of drug-likeness (QED) is 0.343. The fourth-order valence-corrected chi connectivity index (χ4v) is 3.37. The third-order valence-electron chi connectivity index (χ3n) is 4.91. The number of benzene rings is 3. The van der Waals surface area contributed by atoms with Crippen LogP contribution in [0.1, 0.15) is 0 Å². The molecule has 8 heteroatoms. The number of amides is 2. The van der Waals surface area contributed by atoms with E-state index < -0.39 is 0 Å². The number of para-hydroxylation sites is 2. The second kappa shape index (κ2) is 8.27. The Morgan fingerprint density at radius 1 is 0.969 bits per heavy atom. The smallest absolute Gasteiger partial charge is 0.323 e. The number of H-pyrrole nitrogens is 1. The summed E-state index contributed by atoms with van der Waals surface area (Å²) in [5, 5.41) is 12.8. The molecule has 0 bridgehead atoms. The van der Waals surface area contributed by atoms with Gasteiger partial charge >= 0.3 is 6.03 Å². The largest absolute Gasteiger partial charge is 0.497 e. The lowest BCUT2D eigenvalue weighted by atomic mass is 10.1. The van der Waals surface area contributed by atoms with Crippen LogP contribution in [0.2, 0.25) is 0 Å². The van der Waals surface area contributed by atoms with Crippen molar-refractivity contribution in [3.8, 4) is 28.5 Å². The van der Waals surface area contributed by atoms with Crippen molar-refractivity contribution in [3.63, 3.8) is 0 Å². The molecule has 0 saturated heterocycles. The van der Waals surface area contributed by atoms with Crippen LogP contribution in [0.15, 0.2) is 83.4 Å². The van der Waals surface area contributed by atoms with Gasteiger partial charge in [-0.1, -0.05) is 30.3 Å². The van der Waals surface area contributed by atoms with E-state index in [4.69, 9.17) is 9.15 Å². The number of urea groups is 1. The van der Waals surface area contributed by atoms with E-state index >= 15 is 0 Å². The monoisotopic (exact) mass is 425 g/mol. The highest BCUT2D eigenvalue weighted by atomic mass is 16.5. The van der Waals surface area contributed by atoms with Crippen LogP contribution in [0, 0.1) is 0 Å². The predicted molar refractivity (Wildman–Crippen MR) is 123 cm³/mol. The van der Waals surface area contributed by atoms with Crippen LogP contribution in [-0.4, -0.2) is 28.3 Å². The zero-order valence-corrected chi connectivity index (χ0v) is 17.1. The number of fused-ring (bicyclic) bond motifs is 1. The number of ether oxygens (including phenoxy) is 1. The van der Waals surface area contributed by atoms with Crippen LogP contribution >= 0.6 is 0 Å². The van der Waals surface area contributed by atoms with E-state index in [0.29, 0.717) is 28.7 Å². The number of hydrogen-bond donors (Lipinski definition) is 3. The Bertz CT molecular complexity index is 1360. The molecule has 0 fully saturated rings. The SMILES string of the molecule is COc1cccc(NC(=O)Nc2ccc(-c3n[nH]cc3-c3nc4ccccc4o3)cc2)c1. The number of hydrogen-bond acceptors (Lipinski definition) is 5. The lowest BCUT2D eigenvalue weighted by Crippen LogP contribution is -2.19. The number of anilines is 2. The highest BCUT2D eigenvalue weighted by molar-refractivity contribution is 6.00. The Balaban J connectivity index is 1.32. The van der Waals surface area contributed by atoms with Crippen molar-refractivity contribution in [2.45, 2.75) is 0 Å². The first kappa shape index (κ1) is 19.4. The van der Waals surface area contributed by atoms with Gasteiger partial charge in [-0.05, 0) is 36.4 Å². The van der Waals surface area contributed by atoms with E-state index in [2.05, 4.69) is 25.8 Å². The van der Waals surface area contributed by atoms with Gasteiger partial charge in [0.25, 0.3) is 0 Å². The Morgan fingerprint density at radius 3 is 2.59 bits per heavy atom. The minimum atomic E-state index is -0.349. The zero-order valence-electron chi connectivity index (χ0n) is 17.1. The summed E-state index contributed by atoms with van der Waals surface area (Å²) in [6.45, 7) is 0. The molecule has 0 atom stereocenters. The summed E-state index contributed by atoms with van der Waals surface area (Å²) in [5.41, 5.74) is 5.13. The van der Waals surface area contributed by atoms with Crippen molar-refractivity contribution in [3.05, 3.63) is 79.0 Å². The van der Waals surface area contributed by atoms with Crippen molar-refractivity contribution >= 4 is 28.5 Å². The summed E-state index contributed by atoms with van der Waals surface area (Å²) in [7, 11) is 1.58. The zero-order chi connectivity index (χ0) is 21.9. The molecule has 2 aromatic heterocycles. The topological polar surface area (TPSA) is 105 Å². The van der Waals surface area contributed by atoms with Crippen molar-refractivity contribution in [1.82, 2.24) is 15.2 Å². The summed E-state index contributed by atoms with van der Waals surface area (Å²) in [6, 6.07) is 21.8. The van der Waals surface area contributed by atoms with Crippen molar-refractivity contribution in [2.24, 2.45) is 0 Å². The van der Waals surface area contributed by atoms with Gasteiger partial charge in [-0.2, -0.15) is 5.10 Å². The molecule has 32 heavy (non-hydrogen) atoms. The average molecular weight is 425 g/mol. The summed E-state index contributed by atoms with van der Waals surface area (Å²) < 4.78 is 11.0. The van der Waals surface area contributed by atoms with Gasteiger partial charge in [0.15, 0.2) is 5.58 Å². The maximum atomic E-state index is 12.3. The molecule has 2 amide bonds. The van der Waals surface area contributed by atoms with E-state index in [9.17, 15) is 4.79 Å². The molecule has 0 aliphatic carbocycles.